The normalized spacial score (nSPS) is 11.8. The monoisotopic (exact) mass is 431 g/mol. The van der Waals surface area contributed by atoms with Crippen LogP contribution in [0.3, 0.4) is 0 Å². The fourth-order valence-electron chi connectivity index (χ4n) is 3.45. The van der Waals surface area contributed by atoms with Crippen LogP contribution in [-0.2, 0) is 11.3 Å². The number of hydrogen-bond donors (Lipinski definition) is 0. The predicted octanol–water partition coefficient (Wildman–Crippen LogP) is 2.37. The third-order valence-corrected chi connectivity index (χ3v) is 4.87. The second kappa shape index (κ2) is 8.93. The van der Waals surface area contributed by atoms with Gasteiger partial charge in [0.15, 0.2) is 5.49 Å². The molecule has 4 heterocycles. The lowest BCUT2D eigenvalue weighted by Gasteiger charge is -2.14. The van der Waals surface area contributed by atoms with E-state index in [1.807, 2.05) is 6.92 Å². The minimum Gasteiger partial charge on any atom is -0.462 e. The number of ether oxygens (including phenoxy) is 1. The van der Waals surface area contributed by atoms with Gasteiger partial charge in [-0.05, 0) is 43.7 Å². The zero-order valence-electron chi connectivity index (χ0n) is 17.7. The molecule has 0 bridgehead atoms. The van der Waals surface area contributed by atoms with Gasteiger partial charge in [-0.1, -0.05) is 13.0 Å². The van der Waals surface area contributed by atoms with Crippen molar-refractivity contribution in [3.63, 3.8) is 0 Å². The Morgan fingerprint density at radius 1 is 1.12 bits per heavy atom. The van der Waals surface area contributed by atoms with Crippen LogP contribution in [0, 0.1) is 0 Å². The lowest BCUT2D eigenvalue weighted by atomic mass is 10.2. The number of aryl methyl sites for hydroxylation is 1. The molecule has 0 aliphatic heterocycles. The van der Waals surface area contributed by atoms with E-state index in [4.69, 9.17) is 4.74 Å². The highest BCUT2D eigenvalue weighted by molar-refractivity contribution is 5.97. The van der Waals surface area contributed by atoms with Gasteiger partial charge in [-0.2, -0.15) is 4.99 Å². The van der Waals surface area contributed by atoms with E-state index in [1.165, 1.54) is 22.9 Å². The Labute approximate surface area is 182 Å². The van der Waals surface area contributed by atoms with E-state index in [-0.39, 0.29) is 28.6 Å². The first kappa shape index (κ1) is 21.1. The third kappa shape index (κ3) is 3.80. The van der Waals surface area contributed by atoms with E-state index in [2.05, 4.69) is 15.0 Å². The van der Waals surface area contributed by atoms with E-state index in [0.717, 1.165) is 0 Å². The predicted molar refractivity (Wildman–Crippen MR) is 117 cm³/mol. The van der Waals surface area contributed by atoms with E-state index in [9.17, 15) is 14.4 Å². The van der Waals surface area contributed by atoms with Gasteiger partial charge in [0, 0.05) is 30.7 Å². The number of pyridine rings is 3. The van der Waals surface area contributed by atoms with E-state index < -0.39 is 11.9 Å². The van der Waals surface area contributed by atoms with Gasteiger partial charge in [0.25, 0.3) is 11.5 Å². The maximum atomic E-state index is 13.2. The molecule has 0 fully saturated rings. The highest BCUT2D eigenvalue weighted by Gasteiger charge is 2.20. The average molecular weight is 431 g/mol. The van der Waals surface area contributed by atoms with E-state index in [0.29, 0.717) is 29.8 Å². The number of nitrogens with zero attached hydrogens (tertiary/aromatic N) is 5. The Bertz CT molecular complexity index is 1450. The quantitative estimate of drug-likeness (QED) is 0.355. The van der Waals surface area contributed by atoms with Gasteiger partial charge in [-0.15, -0.1) is 0 Å². The molecular formula is C23H21N5O4. The zero-order valence-corrected chi connectivity index (χ0v) is 17.7. The number of amides is 1. The minimum absolute atomic E-state index is 0.0324. The number of hydrogen-bond acceptors (Lipinski definition) is 6. The number of esters is 1. The zero-order chi connectivity index (χ0) is 22.7. The molecule has 4 rings (SSSR count). The molecule has 4 aromatic rings. The van der Waals surface area contributed by atoms with Crippen molar-refractivity contribution in [3.8, 4) is 0 Å². The van der Waals surface area contributed by atoms with Crippen molar-refractivity contribution in [2.75, 3.05) is 6.61 Å². The molecule has 4 aromatic heterocycles. The highest BCUT2D eigenvalue weighted by atomic mass is 16.5. The molecule has 0 unspecified atom stereocenters. The summed E-state index contributed by atoms with van der Waals surface area (Å²) >= 11 is 0. The third-order valence-electron chi connectivity index (χ3n) is 4.87. The van der Waals surface area contributed by atoms with Gasteiger partial charge in [0.05, 0.1) is 12.0 Å². The van der Waals surface area contributed by atoms with Gasteiger partial charge < -0.3 is 9.30 Å². The van der Waals surface area contributed by atoms with Crippen LogP contribution in [0.1, 0.15) is 41.0 Å². The van der Waals surface area contributed by atoms with E-state index in [1.54, 1.807) is 48.0 Å². The molecule has 0 aliphatic carbocycles. The Kier molecular flexibility index (Phi) is 5.89. The van der Waals surface area contributed by atoms with Crippen molar-refractivity contribution < 1.29 is 14.3 Å². The molecule has 9 nitrogen and oxygen atoms in total. The first-order chi connectivity index (χ1) is 15.5. The molecule has 0 aliphatic rings. The van der Waals surface area contributed by atoms with Gasteiger partial charge in [0.1, 0.15) is 16.9 Å². The molecule has 0 saturated carbocycles. The Morgan fingerprint density at radius 2 is 1.91 bits per heavy atom. The first-order valence-electron chi connectivity index (χ1n) is 10.3. The summed E-state index contributed by atoms with van der Waals surface area (Å²) in [4.78, 5) is 51.7. The Morgan fingerprint density at radius 3 is 2.62 bits per heavy atom. The molecule has 1 amide bonds. The summed E-state index contributed by atoms with van der Waals surface area (Å²) in [5.41, 5.74) is 0.928. The van der Waals surface area contributed by atoms with Crippen LogP contribution in [-0.4, -0.2) is 37.4 Å². The number of carbonyl (C=O) groups excluding carboxylic acids is 2. The van der Waals surface area contributed by atoms with Crippen molar-refractivity contribution in [1.29, 1.82) is 0 Å². The Balaban J connectivity index is 2.13. The lowest BCUT2D eigenvalue weighted by molar-refractivity contribution is 0.0523. The lowest BCUT2D eigenvalue weighted by Crippen LogP contribution is -2.32. The smallest absolute Gasteiger partial charge is 0.341 e. The molecule has 0 aromatic carbocycles. The fraction of sp³-hybridized carbons (Fsp3) is 0.217. The molecule has 9 heteroatoms. The molecule has 0 saturated heterocycles. The summed E-state index contributed by atoms with van der Waals surface area (Å²) in [6, 6.07) is 9.72. The summed E-state index contributed by atoms with van der Waals surface area (Å²) < 4.78 is 8.25. The Hall–Kier alpha value is -4.14. The standard InChI is InChI=1S/C23H21N5O4/c1-3-12-28-19-16(22(30)27-13-6-5-7-18(27)25-19)14-17(23(31)32-4-2)20(28)26-21(29)15-8-10-24-11-9-15/h5-11,13-14H,3-4,12H2,1-2H3. The van der Waals surface area contributed by atoms with Crippen LogP contribution in [0.5, 0.6) is 0 Å². The van der Waals surface area contributed by atoms with Crippen molar-refractivity contribution in [2.45, 2.75) is 26.8 Å². The van der Waals surface area contributed by atoms with Crippen molar-refractivity contribution in [2.24, 2.45) is 4.99 Å². The van der Waals surface area contributed by atoms with Gasteiger partial charge in [-0.3, -0.25) is 19.0 Å². The van der Waals surface area contributed by atoms with Crippen LogP contribution in [0.15, 0.2) is 64.8 Å². The minimum atomic E-state index is -0.668. The van der Waals surface area contributed by atoms with Crippen molar-refractivity contribution in [1.82, 2.24) is 18.9 Å². The van der Waals surface area contributed by atoms with Crippen LogP contribution in [0.4, 0.5) is 0 Å². The van der Waals surface area contributed by atoms with Gasteiger partial charge in [-0.25, -0.2) is 9.78 Å². The van der Waals surface area contributed by atoms with Crippen LogP contribution < -0.4 is 11.0 Å². The van der Waals surface area contributed by atoms with Crippen molar-refractivity contribution >= 4 is 28.6 Å². The molecule has 0 N–H and O–H groups in total. The summed E-state index contributed by atoms with van der Waals surface area (Å²) in [6.45, 7) is 4.15. The average Bonchev–Trinajstić information content (AvgIpc) is 2.81. The maximum Gasteiger partial charge on any atom is 0.341 e. The second-order valence-electron chi connectivity index (χ2n) is 6.99. The van der Waals surface area contributed by atoms with Gasteiger partial charge in [0.2, 0.25) is 0 Å². The summed E-state index contributed by atoms with van der Waals surface area (Å²) in [7, 11) is 0. The van der Waals surface area contributed by atoms with E-state index >= 15 is 0 Å². The molecule has 162 valence electrons. The highest BCUT2D eigenvalue weighted by Crippen LogP contribution is 2.12. The molecule has 0 atom stereocenters. The SMILES string of the molecule is CCCn1c(=NC(=O)c2ccncc2)c(C(=O)OCC)cc2c(=O)n3ccccc3nc21. The summed E-state index contributed by atoms with van der Waals surface area (Å²) in [6.07, 6.45) is 5.26. The number of rotatable bonds is 5. The largest absolute Gasteiger partial charge is 0.462 e. The van der Waals surface area contributed by atoms with Crippen LogP contribution in [0.25, 0.3) is 16.7 Å². The number of carbonyl (C=O) groups is 2. The van der Waals surface area contributed by atoms with Crippen molar-refractivity contribution in [3.05, 3.63) is 82.0 Å². The van der Waals surface area contributed by atoms with Crippen LogP contribution >= 0.6 is 0 Å². The molecule has 0 spiro atoms. The maximum absolute atomic E-state index is 13.2. The summed E-state index contributed by atoms with van der Waals surface area (Å²) in [5.74, 6) is -1.21. The molecule has 0 radical (unpaired) electrons. The van der Waals surface area contributed by atoms with Crippen LogP contribution in [0.2, 0.25) is 0 Å². The number of aromatic nitrogens is 4. The second-order valence-corrected chi connectivity index (χ2v) is 6.99. The summed E-state index contributed by atoms with van der Waals surface area (Å²) in [5, 5.41) is 0.237. The first-order valence-corrected chi connectivity index (χ1v) is 10.3. The molecular weight excluding hydrogens is 410 g/mol. The topological polar surface area (TPSA) is 108 Å². The molecule has 32 heavy (non-hydrogen) atoms. The van der Waals surface area contributed by atoms with Gasteiger partial charge >= 0.3 is 5.97 Å². The number of fused-ring (bicyclic) bond motifs is 2. The fourth-order valence-corrected chi connectivity index (χ4v) is 3.45.